The van der Waals surface area contributed by atoms with Crippen LogP contribution < -0.4 is 5.32 Å². The molecule has 0 saturated carbocycles. The predicted molar refractivity (Wildman–Crippen MR) is 65.6 cm³/mol. The number of nitrogens with one attached hydrogen (secondary N) is 1. The molecular formula is C12H26N2O2. The summed E-state index contributed by atoms with van der Waals surface area (Å²) in [6.07, 6.45) is 1.47. The Hall–Kier alpha value is -0.160. The van der Waals surface area contributed by atoms with E-state index in [2.05, 4.69) is 31.0 Å². The number of aliphatic hydroxyl groups excluding tert-OH is 1. The maximum atomic E-state index is 9.01. The molecule has 2 N–H and O–H groups in total. The van der Waals surface area contributed by atoms with Gasteiger partial charge < -0.3 is 15.2 Å². The van der Waals surface area contributed by atoms with Gasteiger partial charge in [0, 0.05) is 32.3 Å². The molecule has 0 aromatic rings. The van der Waals surface area contributed by atoms with Crippen LogP contribution in [0.25, 0.3) is 0 Å². The molecule has 0 aromatic carbocycles. The number of nitrogens with zero attached hydrogens (tertiary/aromatic N) is 1. The highest BCUT2D eigenvalue weighted by molar-refractivity contribution is 4.78. The van der Waals surface area contributed by atoms with Crippen molar-refractivity contribution in [2.45, 2.75) is 45.4 Å². The fourth-order valence-corrected chi connectivity index (χ4v) is 2.45. The summed E-state index contributed by atoms with van der Waals surface area (Å²) in [7, 11) is 0. The van der Waals surface area contributed by atoms with E-state index in [1.165, 1.54) is 0 Å². The van der Waals surface area contributed by atoms with Crippen molar-refractivity contribution in [3.8, 4) is 0 Å². The molecule has 0 spiro atoms. The zero-order valence-corrected chi connectivity index (χ0v) is 10.8. The largest absolute Gasteiger partial charge is 0.396 e. The van der Waals surface area contributed by atoms with Crippen molar-refractivity contribution in [3.05, 3.63) is 0 Å². The molecule has 1 unspecified atom stereocenters. The maximum Gasteiger partial charge on any atom is 0.0678 e. The summed E-state index contributed by atoms with van der Waals surface area (Å²) in [5.41, 5.74) is 0. The molecule has 1 rings (SSSR count). The molecule has 4 nitrogen and oxygen atoms in total. The first-order valence-electron chi connectivity index (χ1n) is 6.37. The van der Waals surface area contributed by atoms with Gasteiger partial charge in [-0.25, -0.2) is 0 Å². The average molecular weight is 230 g/mol. The van der Waals surface area contributed by atoms with E-state index in [-0.39, 0.29) is 6.61 Å². The van der Waals surface area contributed by atoms with Crippen LogP contribution in [-0.4, -0.2) is 61.0 Å². The number of hydrogen-bond donors (Lipinski definition) is 2. The Morgan fingerprint density at radius 1 is 1.38 bits per heavy atom. The lowest BCUT2D eigenvalue weighted by Gasteiger charge is -2.37. The molecule has 4 heteroatoms. The summed E-state index contributed by atoms with van der Waals surface area (Å²) < 4.78 is 5.71. The summed E-state index contributed by atoms with van der Waals surface area (Å²) in [6, 6.07) is 0.396. The van der Waals surface area contributed by atoms with E-state index in [9.17, 15) is 0 Å². The second kappa shape index (κ2) is 7.22. The fraction of sp³-hybridized carbons (Fsp3) is 1.00. The molecular weight excluding hydrogens is 204 g/mol. The fourth-order valence-electron chi connectivity index (χ4n) is 2.45. The van der Waals surface area contributed by atoms with Gasteiger partial charge in [0.1, 0.15) is 0 Å². The highest BCUT2D eigenvalue weighted by Gasteiger charge is 2.23. The molecule has 1 heterocycles. The second-order valence-corrected chi connectivity index (χ2v) is 4.74. The van der Waals surface area contributed by atoms with Gasteiger partial charge in [-0.05, 0) is 26.8 Å². The van der Waals surface area contributed by atoms with Crippen LogP contribution >= 0.6 is 0 Å². The number of likely N-dealkylation sites (N-methyl/N-ethyl adjacent to an activating group) is 1. The third kappa shape index (κ3) is 4.78. The topological polar surface area (TPSA) is 44.7 Å². The van der Waals surface area contributed by atoms with Crippen molar-refractivity contribution in [1.82, 2.24) is 10.2 Å². The van der Waals surface area contributed by atoms with E-state index in [1.807, 2.05) is 0 Å². The van der Waals surface area contributed by atoms with Crippen LogP contribution in [-0.2, 0) is 4.74 Å². The number of morpholine rings is 1. The average Bonchev–Trinajstić information content (AvgIpc) is 2.16. The number of aliphatic hydroxyl groups is 1. The Morgan fingerprint density at radius 3 is 2.50 bits per heavy atom. The normalized spacial score (nSPS) is 29.2. The quantitative estimate of drug-likeness (QED) is 0.696. The lowest BCUT2D eigenvalue weighted by molar-refractivity contribution is -0.0702. The Kier molecular flexibility index (Phi) is 6.28. The monoisotopic (exact) mass is 230 g/mol. The molecule has 1 fully saturated rings. The summed E-state index contributed by atoms with van der Waals surface area (Å²) in [4.78, 5) is 2.43. The van der Waals surface area contributed by atoms with Crippen LogP contribution in [0.4, 0.5) is 0 Å². The van der Waals surface area contributed by atoms with E-state index in [0.717, 1.165) is 32.6 Å². The molecule has 1 aliphatic rings. The number of hydrogen-bond acceptors (Lipinski definition) is 4. The summed E-state index contributed by atoms with van der Waals surface area (Å²) in [6.45, 7) is 10.6. The Bertz CT molecular complexity index is 174. The Morgan fingerprint density at radius 2 is 2.00 bits per heavy atom. The lowest BCUT2D eigenvalue weighted by atomic mass is 10.1. The van der Waals surface area contributed by atoms with Crippen molar-refractivity contribution < 1.29 is 9.84 Å². The Labute approximate surface area is 99.0 Å². The first-order valence-corrected chi connectivity index (χ1v) is 6.37. The molecule has 3 atom stereocenters. The number of ether oxygens (including phenoxy) is 1. The van der Waals surface area contributed by atoms with Crippen LogP contribution in [0.2, 0.25) is 0 Å². The zero-order chi connectivity index (χ0) is 12.0. The molecule has 0 aromatic heterocycles. The third-order valence-corrected chi connectivity index (χ3v) is 2.94. The number of rotatable bonds is 6. The van der Waals surface area contributed by atoms with Gasteiger partial charge in [-0.15, -0.1) is 0 Å². The van der Waals surface area contributed by atoms with E-state index in [4.69, 9.17) is 9.84 Å². The molecule has 1 saturated heterocycles. The van der Waals surface area contributed by atoms with Crippen molar-refractivity contribution in [1.29, 1.82) is 0 Å². The van der Waals surface area contributed by atoms with Crippen LogP contribution in [0, 0.1) is 0 Å². The summed E-state index contributed by atoms with van der Waals surface area (Å²) in [5, 5.41) is 12.4. The molecule has 16 heavy (non-hydrogen) atoms. The van der Waals surface area contributed by atoms with Crippen LogP contribution in [0.3, 0.4) is 0 Å². The van der Waals surface area contributed by atoms with Gasteiger partial charge in [0.25, 0.3) is 0 Å². The predicted octanol–water partition coefficient (Wildman–Crippen LogP) is 0.456. The van der Waals surface area contributed by atoms with E-state index < -0.39 is 0 Å². The highest BCUT2D eigenvalue weighted by atomic mass is 16.5. The van der Waals surface area contributed by atoms with Gasteiger partial charge in [0.15, 0.2) is 0 Å². The summed E-state index contributed by atoms with van der Waals surface area (Å²) >= 11 is 0. The minimum atomic E-state index is 0.257. The van der Waals surface area contributed by atoms with Crippen molar-refractivity contribution in [2.24, 2.45) is 0 Å². The van der Waals surface area contributed by atoms with Crippen LogP contribution in [0.5, 0.6) is 0 Å². The zero-order valence-electron chi connectivity index (χ0n) is 10.8. The van der Waals surface area contributed by atoms with Gasteiger partial charge in [-0.3, -0.25) is 4.90 Å². The smallest absolute Gasteiger partial charge is 0.0678 e. The van der Waals surface area contributed by atoms with Crippen LogP contribution in [0.15, 0.2) is 0 Å². The van der Waals surface area contributed by atoms with Gasteiger partial charge in [0.2, 0.25) is 0 Å². The SMILES string of the molecule is CCNC(CCO)CN1C[C@@H](C)O[C@@H](C)C1. The molecule has 1 aliphatic heterocycles. The van der Waals surface area contributed by atoms with E-state index in [0.29, 0.717) is 18.2 Å². The van der Waals surface area contributed by atoms with Gasteiger partial charge >= 0.3 is 0 Å². The molecule has 0 bridgehead atoms. The van der Waals surface area contributed by atoms with Crippen molar-refractivity contribution in [3.63, 3.8) is 0 Å². The highest BCUT2D eigenvalue weighted by Crippen LogP contribution is 2.11. The molecule has 0 radical (unpaired) electrons. The molecule has 0 amide bonds. The lowest BCUT2D eigenvalue weighted by Crippen LogP contribution is -2.50. The minimum absolute atomic E-state index is 0.257. The first-order chi connectivity index (χ1) is 7.65. The maximum absolute atomic E-state index is 9.01. The third-order valence-electron chi connectivity index (χ3n) is 2.94. The molecule has 0 aliphatic carbocycles. The minimum Gasteiger partial charge on any atom is -0.396 e. The van der Waals surface area contributed by atoms with E-state index >= 15 is 0 Å². The standard InChI is InChI=1S/C12H26N2O2/c1-4-13-12(5-6-15)9-14-7-10(2)16-11(3)8-14/h10-13,15H,4-9H2,1-3H3/t10-,11+,12?. The van der Waals surface area contributed by atoms with Gasteiger partial charge in [0.05, 0.1) is 12.2 Å². The summed E-state index contributed by atoms with van der Waals surface area (Å²) in [5.74, 6) is 0. The molecule has 96 valence electrons. The second-order valence-electron chi connectivity index (χ2n) is 4.74. The van der Waals surface area contributed by atoms with Crippen molar-refractivity contribution >= 4 is 0 Å². The van der Waals surface area contributed by atoms with Crippen molar-refractivity contribution in [2.75, 3.05) is 32.8 Å². The van der Waals surface area contributed by atoms with Gasteiger partial charge in [-0.1, -0.05) is 6.92 Å². The first kappa shape index (κ1) is 13.9. The van der Waals surface area contributed by atoms with Gasteiger partial charge in [-0.2, -0.15) is 0 Å². The van der Waals surface area contributed by atoms with E-state index in [1.54, 1.807) is 0 Å². The Balaban J connectivity index is 2.37. The van der Waals surface area contributed by atoms with Crippen LogP contribution in [0.1, 0.15) is 27.2 Å².